The second-order valence-electron chi connectivity index (χ2n) is 7.05. The monoisotopic (exact) mass is 512 g/mol. The average Bonchev–Trinajstić information content (AvgIpc) is 3.55. The van der Waals surface area contributed by atoms with Gasteiger partial charge >= 0.3 is 5.97 Å². The lowest BCUT2D eigenvalue weighted by atomic mass is 10.2. The van der Waals surface area contributed by atoms with Crippen molar-refractivity contribution < 1.29 is 29.0 Å². The summed E-state index contributed by atoms with van der Waals surface area (Å²) in [7, 11) is 1.14. The van der Waals surface area contributed by atoms with Crippen LogP contribution in [0.5, 0.6) is 5.75 Å². The number of hydrogen-bond acceptors (Lipinski definition) is 9. The smallest absolute Gasteiger partial charge is 0.330 e. The van der Waals surface area contributed by atoms with Gasteiger partial charge in [-0.3, -0.25) is 14.4 Å². The van der Waals surface area contributed by atoms with Crippen LogP contribution in [0.1, 0.15) is 40.1 Å². The van der Waals surface area contributed by atoms with Crippen molar-refractivity contribution in [3.8, 4) is 11.8 Å². The molecule has 35 heavy (non-hydrogen) atoms. The highest BCUT2D eigenvalue weighted by Crippen LogP contribution is 2.22. The molecular formula is C23H20N4O6S2. The lowest BCUT2D eigenvalue weighted by molar-refractivity contribution is -0.142. The first kappa shape index (κ1) is 25.4. The summed E-state index contributed by atoms with van der Waals surface area (Å²) in [5.74, 6) is -2.42. The van der Waals surface area contributed by atoms with Gasteiger partial charge in [0, 0.05) is 13.1 Å². The number of rotatable bonds is 9. The molecule has 0 aliphatic carbocycles. The number of thiophene rings is 2. The Morgan fingerprint density at radius 2 is 1.83 bits per heavy atom. The Kier molecular flexibility index (Phi) is 8.55. The molecule has 1 aromatic carbocycles. The van der Waals surface area contributed by atoms with E-state index in [0.717, 1.165) is 18.4 Å². The van der Waals surface area contributed by atoms with Crippen molar-refractivity contribution in [2.75, 3.05) is 13.7 Å². The number of hydrogen-bond donors (Lipinski definition) is 4. The van der Waals surface area contributed by atoms with E-state index in [0.29, 0.717) is 10.4 Å². The number of benzene rings is 1. The number of amides is 3. The van der Waals surface area contributed by atoms with E-state index in [1.165, 1.54) is 29.5 Å². The summed E-state index contributed by atoms with van der Waals surface area (Å²) in [6.45, 7) is -0.109. The number of nitrogens with one attached hydrogen (secondary N) is 3. The van der Waals surface area contributed by atoms with Crippen LogP contribution in [0, 0.1) is 11.3 Å². The van der Waals surface area contributed by atoms with Crippen LogP contribution in [0.25, 0.3) is 0 Å². The fraction of sp³-hybridized carbons (Fsp3) is 0.174. The summed E-state index contributed by atoms with van der Waals surface area (Å²) >= 11 is 2.01. The summed E-state index contributed by atoms with van der Waals surface area (Å²) in [4.78, 5) is 50.2. The van der Waals surface area contributed by atoms with Gasteiger partial charge in [-0.1, -0.05) is 18.2 Å². The van der Waals surface area contributed by atoms with Crippen molar-refractivity contribution in [2.45, 2.75) is 12.6 Å². The summed E-state index contributed by atoms with van der Waals surface area (Å²) in [5.41, 5.74) is 0.625. The van der Waals surface area contributed by atoms with Gasteiger partial charge in [-0.15, -0.1) is 22.7 Å². The van der Waals surface area contributed by atoms with E-state index in [2.05, 4.69) is 16.0 Å². The summed E-state index contributed by atoms with van der Waals surface area (Å²) < 4.78 is 4.71. The number of nitriles is 1. The number of phenols is 1. The third-order valence-electron chi connectivity index (χ3n) is 4.65. The first-order chi connectivity index (χ1) is 16.8. The molecule has 10 nitrogen and oxygen atoms in total. The van der Waals surface area contributed by atoms with Crippen LogP contribution in [0.3, 0.4) is 0 Å². The first-order valence-corrected chi connectivity index (χ1v) is 11.8. The van der Waals surface area contributed by atoms with Gasteiger partial charge in [-0.25, -0.2) is 4.79 Å². The van der Waals surface area contributed by atoms with Crippen molar-refractivity contribution in [1.29, 1.82) is 5.26 Å². The number of nitrogens with zero attached hydrogens (tertiary/aromatic N) is 1. The molecule has 2 heterocycles. The Hall–Kier alpha value is -4.21. The van der Waals surface area contributed by atoms with E-state index in [9.17, 15) is 29.5 Å². The van der Waals surface area contributed by atoms with Gasteiger partial charge in [-0.2, -0.15) is 5.26 Å². The lowest BCUT2D eigenvalue weighted by Gasteiger charge is -2.16. The molecule has 0 fully saturated rings. The maximum absolute atomic E-state index is 12.9. The molecule has 0 radical (unpaired) electrons. The van der Waals surface area contributed by atoms with Crippen molar-refractivity contribution in [2.24, 2.45) is 0 Å². The number of phenolic OH excluding ortho intramolecular Hbond substituents is 1. The van der Waals surface area contributed by atoms with Crippen LogP contribution in [-0.4, -0.2) is 48.5 Å². The molecule has 0 aliphatic rings. The second-order valence-corrected chi connectivity index (χ2v) is 9.05. The van der Waals surface area contributed by atoms with Crippen molar-refractivity contribution in [3.05, 3.63) is 73.6 Å². The van der Waals surface area contributed by atoms with Crippen molar-refractivity contribution in [3.63, 3.8) is 0 Å². The highest BCUT2D eigenvalue weighted by Gasteiger charge is 2.26. The van der Waals surface area contributed by atoms with E-state index in [1.807, 2.05) is 6.07 Å². The van der Waals surface area contributed by atoms with Crippen molar-refractivity contribution in [1.82, 2.24) is 16.0 Å². The summed E-state index contributed by atoms with van der Waals surface area (Å²) in [5, 5.41) is 28.4. The van der Waals surface area contributed by atoms with Gasteiger partial charge in [0.2, 0.25) is 0 Å². The van der Waals surface area contributed by atoms with Crippen LogP contribution in [0.2, 0.25) is 0 Å². The van der Waals surface area contributed by atoms with E-state index in [4.69, 9.17) is 4.74 Å². The van der Waals surface area contributed by atoms with Gasteiger partial charge in [0.25, 0.3) is 17.7 Å². The molecule has 0 saturated heterocycles. The third kappa shape index (κ3) is 6.66. The molecular weight excluding hydrogens is 492 g/mol. The molecule has 3 rings (SSSR count). The number of carbonyl (C=O) groups excluding carboxylic acids is 4. The first-order valence-electron chi connectivity index (χ1n) is 10.1. The van der Waals surface area contributed by atoms with E-state index in [-0.39, 0.29) is 34.2 Å². The minimum atomic E-state index is -1.21. The predicted molar refractivity (Wildman–Crippen MR) is 128 cm³/mol. The summed E-state index contributed by atoms with van der Waals surface area (Å²) in [6.07, 6.45) is 0. The normalized spacial score (nSPS) is 11.1. The highest BCUT2D eigenvalue weighted by atomic mass is 32.1. The van der Waals surface area contributed by atoms with E-state index in [1.54, 1.807) is 29.6 Å². The molecule has 0 bridgehead atoms. The Labute approximate surface area is 208 Å². The zero-order chi connectivity index (χ0) is 25.4. The minimum Gasteiger partial charge on any atom is -0.508 e. The fourth-order valence-corrected chi connectivity index (χ4v) is 4.51. The number of methoxy groups -OCH3 is 1. The quantitative estimate of drug-likeness (QED) is 0.319. The molecule has 12 heteroatoms. The molecule has 0 spiro atoms. The number of aromatic hydroxyl groups is 1. The average molecular weight is 513 g/mol. The van der Waals surface area contributed by atoms with Gasteiger partial charge in [-0.05, 0) is 35.2 Å². The summed E-state index contributed by atoms with van der Waals surface area (Å²) in [6, 6.07) is 11.6. The molecule has 2 aromatic heterocycles. The maximum atomic E-state index is 12.9. The Morgan fingerprint density at radius 3 is 2.49 bits per heavy atom. The topological polar surface area (TPSA) is 158 Å². The Morgan fingerprint density at radius 1 is 1.06 bits per heavy atom. The second kappa shape index (κ2) is 11.8. The number of ether oxygens (including phenoxy) is 1. The molecule has 4 N–H and O–H groups in total. The fourth-order valence-electron chi connectivity index (χ4n) is 2.94. The molecule has 180 valence electrons. The van der Waals surface area contributed by atoms with Crippen LogP contribution in [-0.2, 0) is 16.1 Å². The standard InChI is InChI=1S/C23H20N4O6S2/c1-33-23(32)16(12-26-20(29)17-6-3-7-34-17)27-22(31)19-14(10-24)9-18(35-19)21(30)25-11-13-4-2-5-15(28)8-13/h2-9,16,28H,11-12H2,1H3,(H,25,30)(H,26,29)(H,27,31)/t16-/m0/s1. The minimum absolute atomic E-state index is 0.0405. The predicted octanol–water partition coefficient (Wildman–Crippen LogP) is 2.02. The molecule has 1 atom stereocenters. The molecule has 0 unspecified atom stereocenters. The zero-order valence-corrected chi connectivity index (χ0v) is 20.0. The van der Waals surface area contributed by atoms with E-state index >= 15 is 0 Å². The molecule has 3 aromatic rings. The van der Waals surface area contributed by atoms with Crippen LogP contribution in [0.15, 0.2) is 47.8 Å². The van der Waals surface area contributed by atoms with Crippen LogP contribution >= 0.6 is 22.7 Å². The lowest BCUT2D eigenvalue weighted by Crippen LogP contribution is -2.48. The molecule has 0 saturated carbocycles. The van der Waals surface area contributed by atoms with Crippen LogP contribution in [0.4, 0.5) is 0 Å². The van der Waals surface area contributed by atoms with Gasteiger partial charge in [0.1, 0.15) is 22.7 Å². The maximum Gasteiger partial charge on any atom is 0.330 e. The number of esters is 1. The van der Waals surface area contributed by atoms with Gasteiger partial charge < -0.3 is 25.8 Å². The van der Waals surface area contributed by atoms with Gasteiger partial charge in [0.05, 0.1) is 22.4 Å². The Balaban J connectivity index is 1.68. The largest absolute Gasteiger partial charge is 0.508 e. The zero-order valence-electron chi connectivity index (χ0n) is 18.4. The Bertz CT molecular complexity index is 1280. The number of carbonyl (C=O) groups is 4. The highest BCUT2D eigenvalue weighted by molar-refractivity contribution is 7.16. The molecule has 3 amide bonds. The van der Waals surface area contributed by atoms with Gasteiger partial charge in [0.15, 0.2) is 0 Å². The van der Waals surface area contributed by atoms with E-state index < -0.39 is 29.7 Å². The third-order valence-corrected chi connectivity index (χ3v) is 6.65. The van der Waals surface area contributed by atoms with Crippen LogP contribution < -0.4 is 16.0 Å². The van der Waals surface area contributed by atoms with Crippen molar-refractivity contribution >= 4 is 46.4 Å². The molecule has 0 aliphatic heterocycles. The SMILES string of the molecule is COC(=O)[C@H](CNC(=O)c1cccs1)NC(=O)c1sc(C(=O)NCc2cccc(O)c2)cc1C#N.